The lowest BCUT2D eigenvalue weighted by molar-refractivity contribution is 0.271. The molecule has 0 amide bonds. The average Bonchev–Trinajstić information content (AvgIpc) is 3.29. The van der Waals surface area contributed by atoms with Crippen molar-refractivity contribution in [1.29, 1.82) is 0 Å². The summed E-state index contributed by atoms with van der Waals surface area (Å²) in [5, 5.41) is 22.9. The van der Waals surface area contributed by atoms with Gasteiger partial charge in [0.1, 0.15) is 4.70 Å². The van der Waals surface area contributed by atoms with Gasteiger partial charge in [-0.1, -0.05) is 72.5 Å². The number of sulfonamides is 1. The van der Waals surface area contributed by atoms with Crippen LogP contribution in [0, 0.1) is 0 Å². The fraction of sp³-hybridized carbons (Fsp3) is 0.292. The van der Waals surface area contributed by atoms with Crippen LogP contribution in [-0.4, -0.2) is 47.7 Å². The van der Waals surface area contributed by atoms with Crippen LogP contribution >= 0.6 is 23.1 Å². The first-order valence-corrected chi connectivity index (χ1v) is 14.8. The fourth-order valence-electron chi connectivity index (χ4n) is 3.39. The minimum atomic E-state index is -3.70. The number of thiazole rings is 1. The first-order valence-electron chi connectivity index (χ1n) is 11.4. The predicted octanol–water partition coefficient (Wildman–Crippen LogP) is 3.86. The SMILES string of the molecule is CCC(CO)Nc1nc(SCc2ccccc2)nc2nc(NCCc3ccc(S(N)(=O)=O)cc3)sc12. The van der Waals surface area contributed by atoms with Crippen LogP contribution < -0.4 is 15.8 Å². The molecule has 9 nitrogen and oxygen atoms in total. The van der Waals surface area contributed by atoms with E-state index in [0.29, 0.717) is 34.7 Å². The molecular weight excluding hydrogens is 517 g/mol. The maximum absolute atomic E-state index is 11.4. The van der Waals surface area contributed by atoms with Gasteiger partial charge in [0.05, 0.1) is 17.5 Å². The van der Waals surface area contributed by atoms with Gasteiger partial charge in [0.2, 0.25) is 10.0 Å². The number of benzene rings is 2. The Hall–Kier alpha value is -2.77. The van der Waals surface area contributed by atoms with Crippen molar-refractivity contribution in [3.05, 3.63) is 65.7 Å². The molecule has 4 rings (SSSR count). The van der Waals surface area contributed by atoms with E-state index in [0.717, 1.165) is 22.4 Å². The second kappa shape index (κ2) is 12.0. The van der Waals surface area contributed by atoms with Crippen LogP contribution in [0.4, 0.5) is 10.9 Å². The van der Waals surface area contributed by atoms with Gasteiger partial charge >= 0.3 is 0 Å². The number of fused-ring (bicyclic) bond motifs is 1. The molecule has 0 radical (unpaired) electrons. The molecule has 0 aliphatic rings. The van der Waals surface area contributed by atoms with Crippen molar-refractivity contribution in [2.45, 2.75) is 41.6 Å². The summed E-state index contributed by atoms with van der Waals surface area (Å²) in [5.41, 5.74) is 2.76. The standard InChI is InChI=1S/C24H28N6O3S3/c1-2-18(14-31)27-21-20-22(30-24(29-21)34-15-17-6-4-3-5-7-17)28-23(35-20)26-13-12-16-8-10-19(11-9-16)36(25,32)33/h3-11,18,31H,2,12-15H2,1H3,(H2,25,32,33)(H2,26,27,28,29,30). The third kappa shape index (κ3) is 6.92. The zero-order valence-electron chi connectivity index (χ0n) is 19.7. The smallest absolute Gasteiger partial charge is 0.238 e. The fourth-order valence-corrected chi connectivity index (χ4v) is 5.59. The number of hydrogen-bond acceptors (Lipinski definition) is 10. The molecule has 2 heterocycles. The molecule has 0 fully saturated rings. The monoisotopic (exact) mass is 544 g/mol. The Bertz CT molecular complexity index is 1390. The second-order valence-electron chi connectivity index (χ2n) is 8.10. The Labute approximate surface area is 218 Å². The molecular formula is C24H28N6O3S3. The third-order valence-electron chi connectivity index (χ3n) is 5.44. The van der Waals surface area contributed by atoms with Crippen molar-refractivity contribution in [3.8, 4) is 0 Å². The number of aliphatic hydroxyl groups excluding tert-OH is 1. The highest BCUT2D eigenvalue weighted by atomic mass is 32.2. The highest BCUT2D eigenvalue weighted by molar-refractivity contribution is 7.98. The van der Waals surface area contributed by atoms with E-state index in [2.05, 4.69) is 32.7 Å². The van der Waals surface area contributed by atoms with Crippen molar-refractivity contribution in [3.63, 3.8) is 0 Å². The molecule has 12 heteroatoms. The van der Waals surface area contributed by atoms with Crippen molar-refractivity contribution in [2.24, 2.45) is 5.14 Å². The van der Waals surface area contributed by atoms with E-state index in [1.54, 1.807) is 12.1 Å². The van der Waals surface area contributed by atoms with Gasteiger partial charge in [0, 0.05) is 12.3 Å². The number of aliphatic hydroxyl groups is 1. The summed E-state index contributed by atoms with van der Waals surface area (Å²) >= 11 is 2.99. The maximum Gasteiger partial charge on any atom is 0.238 e. The molecule has 0 aliphatic heterocycles. The summed E-state index contributed by atoms with van der Waals surface area (Å²) in [4.78, 5) is 14.2. The molecule has 1 atom stereocenters. The van der Waals surface area contributed by atoms with Crippen LogP contribution in [0.2, 0.25) is 0 Å². The van der Waals surface area contributed by atoms with E-state index < -0.39 is 10.0 Å². The van der Waals surface area contributed by atoms with Crippen molar-refractivity contribution >= 4 is 54.4 Å². The summed E-state index contributed by atoms with van der Waals surface area (Å²) < 4.78 is 23.7. The number of rotatable bonds is 12. The molecule has 0 saturated heterocycles. The normalized spacial score (nSPS) is 12.5. The molecule has 5 N–H and O–H groups in total. The Balaban J connectivity index is 1.49. The topological polar surface area (TPSA) is 143 Å². The Morgan fingerprint density at radius 2 is 1.81 bits per heavy atom. The lowest BCUT2D eigenvalue weighted by Gasteiger charge is -2.15. The van der Waals surface area contributed by atoms with E-state index in [4.69, 9.17) is 10.1 Å². The van der Waals surface area contributed by atoms with Crippen molar-refractivity contribution in [2.75, 3.05) is 23.8 Å². The molecule has 4 aromatic rings. The minimum absolute atomic E-state index is 0.00262. The number of primary sulfonamides is 1. The van der Waals surface area contributed by atoms with Crippen molar-refractivity contribution in [1.82, 2.24) is 15.0 Å². The van der Waals surface area contributed by atoms with E-state index in [1.807, 2.05) is 25.1 Å². The maximum atomic E-state index is 11.4. The van der Waals surface area contributed by atoms with Crippen LogP contribution in [0.15, 0.2) is 64.6 Å². The van der Waals surface area contributed by atoms with Crippen LogP contribution in [0.5, 0.6) is 0 Å². The van der Waals surface area contributed by atoms with Gasteiger partial charge in [-0.2, -0.15) is 4.98 Å². The molecule has 0 spiro atoms. The van der Waals surface area contributed by atoms with Crippen molar-refractivity contribution < 1.29 is 13.5 Å². The van der Waals surface area contributed by atoms with Crippen LogP contribution in [-0.2, 0) is 22.2 Å². The van der Waals surface area contributed by atoms with Crippen LogP contribution in [0.3, 0.4) is 0 Å². The zero-order valence-corrected chi connectivity index (χ0v) is 22.2. The van der Waals surface area contributed by atoms with Gasteiger partial charge in [-0.15, -0.1) is 0 Å². The summed E-state index contributed by atoms with van der Waals surface area (Å²) in [6.07, 6.45) is 1.43. The van der Waals surface area contributed by atoms with Gasteiger partial charge in [-0.3, -0.25) is 0 Å². The summed E-state index contributed by atoms with van der Waals surface area (Å²) in [7, 11) is -3.70. The molecule has 190 valence electrons. The quantitative estimate of drug-likeness (QED) is 0.154. The van der Waals surface area contributed by atoms with Crippen LogP contribution in [0.25, 0.3) is 10.3 Å². The van der Waals surface area contributed by atoms with Crippen LogP contribution in [0.1, 0.15) is 24.5 Å². The average molecular weight is 545 g/mol. The van der Waals surface area contributed by atoms with E-state index >= 15 is 0 Å². The van der Waals surface area contributed by atoms with Gasteiger partial charge in [-0.25, -0.2) is 23.5 Å². The van der Waals surface area contributed by atoms with Gasteiger partial charge < -0.3 is 15.7 Å². The lowest BCUT2D eigenvalue weighted by atomic mass is 10.1. The molecule has 0 aliphatic carbocycles. The number of nitrogens with one attached hydrogen (secondary N) is 2. The first kappa shape index (κ1) is 26.3. The molecule has 1 unspecified atom stereocenters. The summed E-state index contributed by atoms with van der Waals surface area (Å²) in [6.45, 7) is 2.61. The van der Waals surface area contributed by atoms with Gasteiger partial charge in [0.25, 0.3) is 0 Å². The zero-order chi connectivity index (χ0) is 25.5. The number of nitrogens with two attached hydrogens (primary N) is 1. The van der Waals surface area contributed by atoms with Gasteiger partial charge in [-0.05, 0) is 36.1 Å². The summed E-state index contributed by atoms with van der Waals surface area (Å²) in [6, 6.07) is 16.5. The minimum Gasteiger partial charge on any atom is -0.394 e. The number of aromatic nitrogens is 3. The van der Waals surface area contributed by atoms with E-state index in [1.165, 1.54) is 40.8 Å². The largest absolute Gasteiger partial charge is 0.394 e. The number of nitrogens with zero attached hydrogens (tertiary/aromatic N) is 3. The molecule has 36 heavy (non-hydrogen) atoms. The van der Waals surface area contributed by atoms with E-state index in [9.17, 15) is 13.5 Å². The highest BCUT2D eigenvalue weighted by Crippen LogP contribution is 2.33. The number of thioether (sulfide) groups is 1. The Morgan fingerprint density at radius 3 is 2.47 bits per heavy atom. The predicted molar refractivity (Wildman–Crippen MR) is 146 cm³/mol. The lowest BCUT2D eigenvalue weighted by Crippen LogP contribution is -2.23. The Kier molecular flexibility index (Phi) is 8.75. The highest BCUT2D eigenvalue weighted by Gasteiger charge is 2.16. The first-order chi connectivity index (χ1) is 17.4. The number of hydrogen-bond donors (Lipinski definition) is 4. The number of anilines is 2. The Morgan fingerprint density at radius 1 is 1.06 bits per heavy atom. The molecule has 0 saturated carbocycles. The molecule has 2 aromatic heterocycles. The molecule has 2 aromatic carbocycles. The second-order valence-corrected chi connectivity index (χ2v) is 11.6. The van der Waals surface area contributed by atoms with E-state index in [-0.39, 0.29) is 17.5 Å². The molecule has 0 bridgehead atoms. The van der Waals surface area contributed by atoms with Gasteiger partial charge in [0.15, 0.2) is 21.8 Å². The third-order valence-corrected chi connectivity index (χ3v) is 8.30. The summed E-state index contributed by atoms with van der Waals surface area (Å²) in [5.74, 6) is 1.41.